The van der Waals surface area contributed by atoms with Gasteiger partial charge in [0, 0.05) is 19.2 Å². The van der Waals surface area contributed by atoms with Crippen molar-refractivity contribution in [1.29, 1.82) is 0 Å². The number of hydrogen-bond acceptors (Lipinski definition) is 6. The number of benzene rings is 3. The van der Waals surface area contributed by atoms with Crippen LogP contribution in [0.5, 0.6) is 11.5 Å². The Bertz CT molecular complexity index is 1480. The Morgan fingerprint density at radius 2 is 1.61 bits per heavy atom. The topological polar surface area (TPSA) is 105 Å². The van der Waals surface area contributed by atoms with E-state index in [9.17, 15) is 22.4 Å². The van der Waals surface area contributed by atoms with Crippen molar-refractivity contribution in [2.75, 3.05) is 30.6 Å². The molecule has 0 aliphatic carbocycles. The zero-order valence-corrected chi connectivity index (χ0v) is 24.1. The highest BCUT2D eigenvalue weighted by atomic mass is 32.2. The number of anilines is 1. The minimum absolute atomic E-state index is 0.0933. The van der Waals surface area contributed by atoms with Crippen LogP contribution in [0.25, 0.3) is 0 Å². The van der Waals surface area contributed by atoms with Crippen LogP contribution < -0.4 is 19.1 Å². The molecule has 11 heteroatoms. The van der Waals surface area contributed by atoms with Gasteiger partial charge < -0.3 is 19.7 Å². The number of aryl methyl sites for hydroxylation is 1. The van der Waals surface area contributed by atoms with Crippen LogP contribution >= 0.6 is 0 Å². The molecular formula is C30H34FN3O6S. The molecular weight excluding hydrogens is 549 g/mol. The van der Waals surface area contributed by atoms with Gasteiger partial charge in [-0.25, -0.2) is 12.8 Å². The molecule has 0 aromatic heterocycles. The second kappa shape index (κ2) is 13.0. The number of nitrogens with one attached hydrogen (secondary N) is 1. The van der Waals surface area contributed by atoms with Crippen LogP contribution in [0.3, 0.4) is 0 Å². The van der Waals surface area contributed by atoms with Crippen LogP contribution in [0, 0.1) is 12.7 Å². The van der Waals surface area contributed by atoms with Gasteiger partial charge >= 0.3 is 0 Å². The first-order valence-electron chi connectivity index (χ1n) is 13.4. The monoisotopic (exact) mass is 583 g/mol. The molecule has 0 saturated heterocycles. The molecule has 1 aliphatic heterocycles. The van der Waals surface area contributed by atoms with E-state index in [1.165, 1.54) is 35.2 Å². The number of amides is 2. The summed E-state index contributed by atoms with van der Waals surface area (Å²) in [7, 11) is -4.34. The lowest BCUT2D eigenvalue weighted by atomic mass is 10.1. The van der Waals surface area contributed by atoms with Gasteiger partial charge in [0.05, 0.1) is 10.6 Å². The summed E-state index contributed by atoms with van der Waals surface area (Å²) in [5.74, 6) is -0.796. The summed E-state index contributed by atoms with van der Waals surface area (Å²) in [6.45, 7) is 5.98. The average molecular weight is 584 g/mol. The van der Waals surface area contributed by atoms with Gasteiger partial charge in [0.2, 0.25) is 11.8 Å². The van der Waals surface area contributed by atoms with E-state index in [1.807, 2.05) is 31.2 Å². The predicted octanol–water partition coefficient (Wildman–Crippen LogP) is 4.04. The summed E-state index contributed by atoms with van der Waals surface area (Å²) < 4.78 is 53.9. The largest absolute Gasteiger partial charge is 0.486 e. The fraction of sp³-hybridized carbons (Fsp3) is 0.333. The Balaban J connectivity index is 1.74. The molecule has 1 atom stereocenters. The van der Waals surface area contributed by atoms with Crippen molar-refractivity contribution in [3.63, 3.8) is 0 Å². The number of likely N-dealkylation sites (N-methyl/N-ethyl adjacent to an activating group) is 1. The van der Waals surface area contributed by atoms with Crippen LogP contribution in [-0.4, -0.2) is 57.5 Å². The number of sulfonamides is 1. The van der Waals surface area contributed by atoms with Crippen LogP contribution in [0.2, 0.25) is 0 Å². The third-order valence-corrected chi connectivity index (χ3v) is 8.48. The summed E-state index contributed by atoms with van der Waals surface area (Å²) in [4.78, 5) is 28.3. The first kappa shape index (κ1) is 29.9. The van der Waals surface area contributed by atoms with Gasteiger partial charge in [-0.3, -0.25) is 13.9 Å². The number of ether oxygens (including phenoxy) is 2. The normalized spacial score (nSPS) is 13.3. The lowest BCUT2D eigenvalue weighted by Crippen LogP contribution is -2.52. The minimum atomic E-state index is -4.34. The molecule has 0 fully saturated rings. The van der Waals surface area contributed by atoms with Crippen LogP contribution in [-0.2, 0) is 26.2 Å². The van der Waals surface area contributed by atoms with E-state index in [0.29, 0.717) is 25.3 Å². The first-order chi connectivity index (χ1) is 19.6. The summed E-state index contributed by atoms with van der Waals surface area (Å²) in [6, 6.07) is 15.8. The number of carbonyl (C=O) groups is 2. The zero-order chi connectivity index (χ0) is 29.6. The van der Waals surface area contributed by atoms with E-state index in [1.54, 1.807) is 13.8 Å². The lowest BCUT2D eigenvalue weighted by molar-refractivity contribution is -0.140. The molecule has 3 aromatic carbocycles. The Hall–Kier alpha value is -4.12. The zero-order valence-electron chi connectivity index (χ0n) is 23.3. The first-order valence-corrected chi connectivity index (χ1v) is 14.9. The van der Waals surface area contributed by atoms with Crippen molar-refractivity contribution >= 4 is 27.5 Å². The number of hydrogen-bond donors (Lipinski definition) is 1. The SMILES string of the molecule is CCNC(=O)C(CC)N(Cc1ccc(C)cc1)C(=O)CN(c1ccc(F)cc1)S(=O)(=O)c1ccc2c(c1)OCCO2. The second-order valence-corrected chi connectivity index (χ2v) is 11.5. The molecule has 1 aliphatic rings. The average Bonchev–Trinajstić information content (AvgIpc) is 2.97. The molecule has 218 valence electrons. The summed E-state index contributed by atoms with van der Waals surface area (Å²) in [6.07, 6.45) is 0.314. The van der Waals surface area contributed by atoms with Crippen LogP contribution in [0.1, 0.15) is 31.4 Å². The van der Waals surface area contributed by atoms with E-state index in [2.05, 4.69) is 5.32 Å². The summed E-state index contributed by atoms with van der Waals surface area (Å²) >= 11 is 0. The molecule has 0 saturated carbocycles. The molecule has 1 N–H and O–H groups in total. The minimum Gasteiger partial charge on any atom is -0.486 e. The van der Waals surface area contributed by atoms with Crippen molar-refractivity contribution in [1.82, 2.24) is 10.2 Å². The van der Waals surface area contributed by atoms with Crippen molar-refractivity contribution in [3.05, 3.63) is 83.7 Å². The van der Waals surface area contributed by atoms with E-state index in [4.69, 9.17) is 9.47 Å². The standard InChI is InChI=1S/C30H34FN3O6S/c1-4-26(30(36)32-5-2)33(19-22-8-6-21(3)7-9-22)29(35)20-34(24-12-10-23(31)11-13-24)41(37,38)25-14-15-27-28(18-25)40-17-16-39-27/h6-15,18,26H,4-5,16-17,19-20H2,1-3H3,(H,32,36). The molecule has 0 spiro atoms. The molecule has 4 rings (SSSR count). The van der Waals surface area contributed by atoms with Crippen molar-refractivity contribution in [2.45, 2.75) is 44.7 Å². The third-order valence-electron chi connectivity index (χ3n) is 6.71. The molecule has 0 radical (unpaired) electrons. The number of nitrogens with zero attached hydrogens (tertiary/aromatic N) is 2. The van der Waals surface area contributed by atoms with Crippen LogP contribution in [0.4, 0.5) is 10.1 Å². The third kappa shape index (κ3) is 6.97. The Labute approximate surface area is 239 Å². The smallest absolute Gasteiger partial charge is 0.264 e. The molecule has 0 bridgehead atoms. The summed E-state index contributed by atoms with van der Waals surface area (Å²) in [5, 5.41) is 2.77. The van der Waals surface area contributed by atoms with E-state index < -0.39 is 34.3 Å². The molecule has 2 amide bonds. The van der Waals surface area contributed by atoms with Crippen LogP contribution in [0.15, 0.2) is 71.6 Å². The van der Waals surface area contributed by atoms with E-state index in [0.717, 1.165) is 27.6 Å². The highest BCUT2D eigenvalue weighted by molar-refractivity contribution is 7.92. The Morgan fingerprint density at radius 1 is 0.951 bits per heavy atom. The highest BCUT2D eigenvalue weighted by Crippen LogP contribution is 2.34. The molecule has 9 nitrogen and oxygen atoms in total. The van der Waals surface area contributed by atoms with Gasteiger partial charge in [0.1, 0.15) is 31.6 Å². The Morgan fingerprint density at radius 3 is 2.24 bits per heavy atom. The molecule has 3 aromatic rings. The van der Waals surface area contributed by atoms with Gasteiger partial charge in [-0.2, -0.15) is 0 Å². The van der Waals surface area contributed by atoms with Gasteiger partial charge in [-0.1, -0.05) is 36.8 Å². The van der Waals surface area contributed by atoms with Gasteiger partial charge in [0.15, 0.2) is 11.5 Å². The fourth-order valence-electron chi connectivity index (χ4n) is 4.55. The molecule has 1 heterocycles. The van der Waals surface area contributed by atoms with Gasteiger partial charge in [-0.15, -0.1) is 0 Å². The lowest BCUT2D eigenvalue weighted by Gasteiger charge is -2.33. The fourth-order valence-corrected chi connectivity index (χ4v) is 5.98. The molecule has 1 unspecified atom stereocenters. The van der Waals surface area contributed by atoms with Gasteiger partial charge in [-0.05, 0) is 62.2 Å². The number of fused-ring (bicyclic) bond motifs is 1. The number of rotatable bonds is 11. The van der Waals surface area contributed by atoms with E-state index in [-0.39, 0.29) is 35.4 Å². The predicted molar refractivity (Wildman–Crippen MR) is 153 cm³/mol. The maximum absolute atomic E-state index is 14.0. The summed E-state index contributed by atoms with van der Waals surface area (Å²) in [5.41, 5.74) is 1.92. The van der Waals surface area contributed by atoms with Gasteiger partial charge in [0.25, 0.3) is 10.0 Å². The number of carbonyl (C=O) groups excluding carboxylic acids is 2. The molecule has 41 heavy (non-hydrogen) atoms. The number of halogens is 1. The van der Waals surface area contributed by atoms with Crippen molar-refractivity contribution in [2.24, 2.45) is 0 Å². The Kier molecular flexibility index (Phi) is 9.49. The van der Waals surface area contributed by atoms with E-state index >= 15 is 0 Å². The maximum atomic E-state index is 14.0. The van der Waals surface area contributed by atoms with Crippen molar-refractivity contribution in [3.8, 4) is 11.5 Å². The second-order valence-electron chi connectivity index (χ2n) is 9.62. The maximum Gasteiger partial charge on any atom is 0.264 e. The highest BCUT2D eigenvalue weighted by Gasteiger charge is 2.34. The quantitative estimate of drug-likeness (QED) is 0.365. The van der Waals surface area contributed by atoms with Crippen molar-refractivity contribution < 1.29 is 31.9 Å².